The fourth-order valence-electron chi connectivity index (χ4n) is 0.277. The minimum absolute atomic E-state index is 0.490. The number of hydrogen-bond acceptors (Lipinski definition) is 5. The van der Waals surface area contributed by atoms with Crippen molar-refractivity contribution >= 4 is 12.1 Å². The third-order valence-corrected chi connectivity index (χ3v) is 0.774. The summed E-state index contributed by atoms with van der Waals surface area (Å²) in [4.78, 5) is 20.5. The standard InChI is InChI=1S/C5H10N2O4/c1-3(6)4(8)10-2-11-5(7)9/h3H,2,6H2,1H3,(H2,7,9). The van der Waals surface area contributed by atoms with Gasteiger partial charge in [0.1, 0.15) is 6.04 Å². The lowest BCUT2D eigenvalue weighted by Crippen LogP contribution is -2.30. The monoisotopic (exact) mass is 162 g/mol. The Hall–Kier alpha value is -1.30. The van der Waals surface area contributed by atoms with Gasteiger partial charge in [0.25, 0.3) is 0 Å². The SMILES string of the molecule is CC(N)C(=O)OCOC(N)=O. The largest absolute Gasteiger partial charge is 0.427 e. The van der Waals surface area contributed by atoms with Crippen LogP contribution in [0.3, 0.4) is 0 Å². The molecule has 0 radical (unpaired) electrons. The molecule has 0 saturated carbocycles. The van der Waals surface area contributed by atoms with Crippen molar-refractivity contribution in [2.24, 2.45) is 11.5 Å². The molecule has 6 heteroatoms. The van der Waals surface area contributed by atoms with E-state index >= 15 is 0 Å². The number of nitrogens with two attached hydrogens (primary N) is 2. The van der Waals surface area contributed by atoms with Gasteiger partial charge in [0.2, 0.25) is 6.79 Å². The second-order valence-corrected chi connectivity index (χ2v) is 1.83. The Morgan fingerprint density at radius 3 is 2.36 bits per heavy atom. The van der Waals surface area contributed by atoms with Gasteiger partial charge in [0, 0.05) is 0 Å². The first-order valence-corrected chi connectivity index (χ1v) is 2.88. The molecule has 0 aliphatic rings. The summed E-state index contributed by atoms with van der Waals surface area (Å²) in [5.41, 5.74) is 9.68. The maximum Gasteiger partial charge on any atom is 0.407 e. The summed E-state index contributed by atoms with van der Waals surface area (Å²) in [5.74, 6) is -0.647. The highest BCUT2D eigenvalue weighted by Gasteiger charge is 2.08. The highest BCUT2D eigenvalue weighted by atomic mass is 16.7. The summed E-state index contributed by atoms with van der Waals surface area (Å²) in [7, 11) is 0. The highest BCUT2D eigenvalue weighted by molar-refractivity contribution is 5.75. The van der Waals surface area contributed by atoms with Crippen molar-refractivity contribution in [3.8, 4) is 0 Å². The second-order valence-electron chi connectivity index (χ2n) is 1.83. The van der Waals surface area contributed by atoms with E-state index in [1.807, 2.05) is 0 Å². The molecule has 1 unspecified atom stereocenters. The molecule has 11 heavy (non-hydrogen) atoms. The summed E-state index contributed by atoms with van der Waals surface area (Å²) in [5, 5.41) is 0. The average molecular weight is 162 g/mol. The molecule has 0 aromatic carbocycles. The number of primary amides is 1. The zero-order valence-electron chi connectivity index (χ0n) is 6.07. The predicted molar refractivity (Wildman–Crippen MR) is 35.3 cm³/mol. The molecular weight excluding hydrogens is 152 g/mol. The molecule has 0 spiro atoms. The molecule has 0 heterocycles. The molecule has 4 N–H and O–H groups in total. The predicted octanol–water partition coefficient (Wildman–Crippen LogP) is -1.07. The number of amides is 1. The van der Waals surface area contributed by atoms with Crippen LogP contribution in [-0.4, -0.2) is 24.9 Å². The van der Waals surface area contributed by atoms with Gasteiger partial charge in [-0.2, -0.15) is 0 Å². The van der Waals surface area contributed by atoms with Gasteiger partial charge in [-0.25, -0.2) is 4.79 Å². The van der Waals surface area contributed by atoms with Crippen LogP contribution in [0.2, 0.25) is 0 Å². The first-order valence-electron chi connectivity index (χ1n) is 2.88. The van der Waals surface area contributed by atoms with Gasteiger partial charge in [-0.1, -0.05) is 0 Å². The lowest BCUT2D eigenvalue weighted by Gasteiger charge is -2.05. The van der Waals surface area contributed by atoms with Gasteiger partial charge < -0.3 is 20.9 Å². The molecular formula is C5H10N2O4. The van der Waals surface area contributed by atoms with Crippen molar-refractivity contribution in [2.45, 2.75) is 13.0 Å². The second kappa shape index (κ2) is 4.51. The first-order chi connectivity index (χ1) is 5.04. The number of carbonyl (C=O) groups excluding carboxylic acids is 2. The van der Waals surface area contributed by atoms with Crippen molar-refractivity contribution < 1.29 is 19.1 Å². The third kappa shape index (κ3) is 5.16. The van der Waals surface area contributed by atoms with E-state index in [1.165, 1.54) is 6.92 Å². The van der Waals surface area contributed by atoms with Crippen LogP contribution in [0.4, 0.5) is 4.79 Å². The third-order valence-electron chi connectivity index (χ3n) is 0.774. The molecule has 1 atom stereocenters. The van der Waals surface area contributed by atoms with Gasteiger partial charge in [-0.05, 0) is 6.92 Å². The van der Waals surface area contributed by atoms with Crippen molar-refractivity contribution in [3.05, 3.63) is 0 Å². The van der Waals surface area contributed by atoms with E-state index in [2.05, 4.69) is 15.2 Å². The molecule has 6 nitrogen and oxygen atoms in total. The molecule has 64 valence electrons. The van der Waals surface area contributed by atoms with Crippen LogP contribution in [0.1, 0.15) is 6.92 Å². The quantitative estimate of drug-likeness (QED) is 0.406. The smallest absolute Gasteiger partial charge is 0.407 e. The number of ether oxygens (including phenoxy) is 2. The van der Waals surface area contributed by atoms with Crippen LogP contribution in [-0.2, 0) is 14.3 Å². The maximum absolute atomic E-state index is 10.5. The number of carbonyl (C=O) groups is 2. The van der Waals surface area contributed by atoms with Crippen LogP contribution >= 0.6 is 0 Å². The molecule has 0 bridgehead atoms. The van der Waals surface area contributed by atoms with Gasteiger partial charge in [-0.15, -0.1) is 0 Å². The molecule has 0 rings (SSSR count). The molecule has 0 aromatic rings. The topological polar surface area (TPSA) is 105 Å². The van der Waals surface area contributed by atoms with E-state index in [0.717, 1.165) is 0 Å². The minimum atomic E-state index is -0.998. The number of rotatable bonds is 3. The van der Waals surface area contributed by atoms with E-state index in [1.54, 1.807) is 0 Å². The summed E-state index contributed by atoms with van der Waals surface area (Å²) >= 11 is 0. The van der Waals surface area contributed by atoms with E-state index in [0.29, 0.717) is 0 Å². The van der Waals surface area contributed by atoms with Gasteiger partial charge in [-0.3, -0.25) is 4.79 Å². The van der Waals surface area contributed by atoms with E-state index in [4.69, 9.17) is 5.73 Å². The molecule has 0 aliphatic carbocycles. The van der Waals surface area contributed by atoms with Crippen LogP contribution < -0.4 is 11.5 Å². The Kier molecular flexibility index (Phi) is 3.97. The summed E-state index contributed by atoms with van der Waals surface area (Å²) in [6.07, 6.45) is -0.998. The summed E-state index contributed by atoms with van der Waals surface area (Å²) < 4.78 is 8.43. The van der Waals surface area contributed by atoms with Crippen LogP contribution in [0.25, 0.3) is 0 Å². The first kappa shape index (κ1) is 9.70. The molecule has 0 aromatic heterocycles. The summed E-state index contributed by atoms with van der Waals surface area (Å²) in [6, 6.07) is -0.730. The minimum Gasteiger partial charge on any atom is -0.427 e. The Balaban J connectivity index is 3.39. The molecule has 0 fully saturated rings. The Labute approximate surface area is 63.4 Å². The molecule has 1 amide bonds. The van der Waals surface area contributed by atoms with E-state index < -0.39 is 24.9 Å². The lowest BCUT2D eigenvalue weighted by atomic mass is 10.4. The fraction of sp³-hybridized carbons (Fsp3) is 0.600. The van der Waals surface area contributed by atoms with Crippen molar-refractivity contribution in [1.82, 2.24) is 0 Å². The van der Waals surface area contributed by atoms with Crippen molar-refractivity contribution in [2.75, 3.05) is 6.79 Å². The Bertz CT molecular complexity index is 157. The maximum atomic E-state index is 10.5. The van der Waals surface area contributed by atoms with Crippen LogP contribution in [0.5, 0.6) is 0 Å². The summed E-state index contributed by atoms with van der Waals surface area (Å²) in [6.45, 7) is 0.961. The van der Waals surface area contributed by atoms with E-state index in [-0.39, 0.29) is 0 Å². The molecule has 0 saturated heterocycles. The number of esters is 1. The van der Waals surface area contributed by atoms with Crippen LogP contribution in [0.15, 0.2) is 0 Å². The lowest BCUT2D eigenvalue weighted by molar-refractivity contribution is -0.152. The van der Waals surface area contributed by atoms with Crippen LogP contribution in [0, 0.1) is 0 Å². The Morgan fingerprint density at radius 2 is 2.00 bits per heavy atom. The number of hydrogen-bond donors (Lipinski definition) is 2. The van der Waals surface area contributed by atoms with Crippen molar-refractivity contribution in [3.63, 3.8) is 0 Å². The zero-order chi connectivity index (χ0) is 8.85. The van der Waals surface area contributed by atoms with E-state index in [9.17, 15) is 9.59 Å². The normalized spacial score (nSPS) is 11.8. The highest BCUT2D eigenvalue weighted by Crippen LogP contribution is 1.84. The van der Waals surface area contributed by atoms with Gasteiger partial charge in [0.05, 0.1) is 0 Å². The zero-order valence-corrected chi connectivity index (χ0v) is 6.07. The fourth-order valence-corrected chi connectivity index (χ4v) is 0.277. The van der Waals surface area contributed by atoms with Gasteiger partial charge >= 0.3 is 12.1 Å². The average Bonchev–Trinajstić information content (AvgIpc) is 1.86. The molecule has 0 aliphatic heterocycles. The van der Waals surface area contributed by atoms with Gasteiger partial charge in [0.15, 0.2) is 0 Å². The Morgan fingerprint density at radius 1 is 1.45 bits per heavy atom. The van der Waals surface area contributed by atoms with Crippen molar-refractivity contribution in [1.29, 1.82) is 0 Å².